The van der Waals surface area contributed by atoms with E-state index in [-0.39, 0.29) is 12.5 Å². The number of ether oxygens (including phenoxy) is 2. The van der Waals surface area contributed by atoms with Crippen molar-refractivity contribution in [3.8, 4) is 17.0 Å². The molecule has 0 spiro atoms. The van der Waals surface area contributed by atoms with Crippen LogP contribution in [-0.4, -0.2) is 65.2 Å². The molecule has 2 aromatic heterocycles. The second-order valence-electron chi connectivity index (χ2n) is 7.93. The molecule has 0 radical (unpaired) electrons. The maximum Gasteiger partial charge on any atom is 0.265 e. The van der Waals surface area contributed by atoms with Crippen LogP contribution in [0.15, 0.2) is 48.9 Å². The topological polar surface area (TPSA) is 92.7 Å². The van der Waals surface area contributed by atoms with Crippen LogP contribution in [0.3, 0.4) is 0 Å². The maximum atomic E-state index is 12.5. The highest BCUT2D eigenvalue weighted by molar-refractivity contribution is 5.99. The lowest BCUT2D eigenvalue weighted by molar-refractivity contribution is -0.121. The van der Waals surface area contributed by atoms with Crippen molar-refractivity contribution in [1.82, 2.24) is 19.9 Å². The molecule has 1 amide bonds. The van der Waals surface area contributed by atoms with Crippen molar-refractivity contribution >= 4 is 23.2 Å². The van der Waals surface area contributed by atoms with Crippen LogP contribution >= 0.6 is 0 Å². The summed E-state index contributed by atoms with van der Waals surface area (Å²) in [5, 5.41) is 3.32. The standard InChI is InChI=1S/C24H26N6O3/c1-2-30-21-13-19(27-24-26-7-5-20(28-24)17-4-3-6-25-14-17)12-18(23(21)33-16-22(30)31)15-29-8-10-32-11-9-29/h3-7,12-14H,2,8-11,15-16H2,1H3,(H,26,27,28). The number of benzene rings is 1. The van der Waals surface area contributed by atoms with E-state index in [1.165, 1.54) is 0 Å². The Kier molecular flexibility index (Phi) is 6.14. The molecule has 9 heteroatoms. The first-order valence-electron chi connectivity index (χ1n) is 11.1. The third-order valence-corrected chi connectivity index (χ3v) is 5.76. The molecule has 0 atom stereocenters. The molecule has 1 saturated heterocycles. The summed E-state index contributed by atoms with van der Waals surface area (Å²) in [5.74, 6) is 1.19. The number of anilines is 3. The molecule has 2 aliphatic heterocycles. The molecule has 170 valence electrons. The molecule has 33 heavy (non-hydrogen) atoms. The quantitative estimate of drug-likeness (QED) is 0.618. The Morgan fingerprint density at radius 3 is 2.82 bits per heavy atom. The van der Waals surface area contributed by atoms with Crippen LogP contribution in [0.2, 0.25) is 0 Å². The Labute approximate surface area is 192 Å². The van der Waals surface area contributed by atoms with Gasteiger partial charge in [-0.2, -0.15) is 0 Å². The van der Waals surface area contributed by atoms with Crippen molar-refractivity contribution in [2.24, 2.45) is 0 Å². The van der Waals surface area contributed by atoms with E-state index in [4.69, 9.17) is 9.47 Å². The van der Waals surface area contributed by atoms with E-state index in [2.05, 4.69) is 31.2 Å². The fourth-order valence-electron chi connectivity index (χ4n) is 4.15. The van der Waals surface area contributed by atoms with Gasteiger partial charge in [-0.15, -0.1) is 0 Å². The van der Waals surface area contributed by atoms with Crippen LogP contribution < -0.4 is 15.0 Å². The fraction of sp³-hybridized carbons (Fsp3) is 0.333. The van der Waals surface area contributed by atoms with E-state index in [0.29, 0.717) is 19.0 Å². The van der Waals surface area contributed by atoms with E-state index < -0.39 is 0 Å². The molecule has 3 aromatic rings. The van der Waals surface area contributed by atoms with E-state index in [1.54, 1.807) is 23.5 Å². The molecule has 0 bridgehead atoms. The van der Waals surface area contributed by atoms with Crippen LogP contribution in [0.5, 0.6) is 5.75 Å². The predicted molar refractivity (Wildman–Crippen MR) is 125 cm³/mol. The van der Waals surface area contributed by atoms with Crippen LogP contribution in [-0.2, 0) is 16.1 Å². The van der Waals surface area contributed by atoms with Crippen LogP contribution in [0.4, 0.5) is 17.3 Å². The van der Waals surface area contributed by atoms with Crippen molar-refractivity contribution in [3.05, 3.63) is 54.5 Å². The highest BCUT2D eigenvalue weighted by Gasteiger charge is 2.28. The lowest BCUT2D eigenvalue weighted by Gasteiger charge is -2.32. The number of pyridine rings is 1. The summed E-state index contributed by atoms with van der Waals surface area (Å²) in [6.07, 6.45) is 5.22. The predicted octanol–water partition coefficient (Wildman–Crippen LogP) is 2.86. The minimum atomic E-state index is -0.0469. The molecular formula is C24H26N6O3. The first kappa shape index (κ1) is 21.3. The Morgan fingerprint density at radius 2 is 2.03 bits per heavy atom. The van der Waals surface area contributed by atoms with Gasteiger partial charge in [0, 0.05) is 61.6 Å². The molecule has 0 saturated carbocycles. The molecule has 2 aliphatic rings. The summed E-state index contributed by atoms with van der Waals surface area (Å²) >= 11 is 0. The first-order chi connectivity index (χ1) is 16.2. The van der Waals surface area contributed by atoms with Gasteiger partial charge in [-0.25, -0.2) is 9.97 Å². The summed E-state index contributed by atoms with van der Waals surface area (Å²) in [4.78, 5) is 29.8. The van der Waals surface area contributed by atoms with E-state index in [1.807, 2.05) is 31.2 Å². The van der Waals surface area contributed by atoms with Gasteiger partial charge >= 0.3 is 0 Å². The molecular weight excluding hydrogens is 420 g/mol. The zero-order valence-electron chi connectivity index (χ0n) is 18.5. The third-order valence-electron chi connectivity index (χ3n) is 5.76. The Balaban J connectivity index is 1.49. The van der Waals surface area contributed by atoms with Gasteiger partial charge in [-0.3, -0.25) is 14.7 Å². The number of amides is 1. The highest BCUT2D eigenvalue weighted by Crippen LogP contribution is 2.39. The van der Waals surface area contributed by atoms with E-state index >= 15 is 0 Å². The number of carbonyl (C=O) groups excluding carboxylic acids is 1. The molecule has 5 rings (SSSR count). The lowest BCUT2D eigenvalue weighted by Crippen LogP contribution is -2.40. The fourth-order valence-corrected chi connectivity index (χ4v) is 4.15. The van der Waals surface area contributed by atoms with Crippen molar-refractivity contribution < 1.29 is 14.3 Å². The molecule has 0 unspecified atom stereocenters. The molecule has 0 aliphatic carbocycles. The number of likely N-dealkylation sites (N-methyl/N-ethyl adjacent to an activating group) is 1. The van der Waals surface area contributed by atoms with Gasteiger partial charge in [-0.05, 0) is 37.3 Å². The zero-order valence-corrected chi connectivity index (χ0v) is 18.5. The third kappa shape index (κ3) is 4.64. The van der Waals surface area contributed by atoms with Gasteiger partial charge in [0.05, 0.1) is 24.6 Å². The Hall–Kier alpha value is -3.56. The number of fused-ring (bicyclic) bond motifs is 1. The number of nitrogens with zero attached hydrogens (tertiary/aromatic N) is 5. The first-order valence-corrected chi connectivity index (χ1v) is 11.1. The number of aromatic nitrogens is 3. The highest BCUT2D eigenvalue weighted by atomic mass is 16.5. The van der Waals surface area contributed by atoms with Crippen LogP contribution in [0, 0.1) is 0 Å². The normalized spacial score (nSPS) is 16.3. The number of hydrogen-bond acceptors (Lipinski definition) is 8. The zero-order chi connectivity index (χ0) is 22.6. The molecule has 4 heterocycles. The second kappa shape index (κ2) is 9.51. The van der Waals surface area contributed by atoms with Crippen molar-refractivity contribution in [2.75, 3.05) is 49.7 Å². The van der Waals surface area contributed by atoms with Crippen molar-refractivity contribution in [1.29, 1.82) is 0 Å². The van der Waals surface area contributed by atoms with Gasteiger partial charge in [0.2, 0.25) is 5.95 Å². The van der Waals surface area contributed by atoms with Crippen molar-refractivity contribution in [2.45, 2.75) is 13.5 Å². The number of rotatable bonds is 6. The summed E-state index contributed by atoms with van der Waals surface area (Å²) in [5.41, 5.74) is 4.28. The monoisotopic (exact) mass is 446 g/mol. The van der Waals surface area contributed by atoms with Gasteiger partial charge in [-0.1, -0.05) is 0 Å². The molecule has 1 N–H and O–H groups in total. The number of carbonyl (C=O) groups is 1. The van der Waals surface area contributed by atoms with Crippen LogP contribution in [0.25, 0.3) is 11.3 Å². The van der Waals surface area contributed by atoms with Crippen molar-refractivity contribution in [3.63, 3.8) is 0 Å². The van der Waals surface area contributed by atoms with Gasteiger partial charge in [0.15, 0.2) is 6.61 Å². The number of hydrogen-bond donors (Lipinski definition) is 1. The molecule has 9 nitrogen and oxygen atoms in total. The Bertz CT molecular complexity index is 1130. The number of nitrogens with one attached hydrogen (secondary N) is 1. The van der Waals surface area contributed by atoms with E-state index in [0.717, 1.165) is 60.2 Å². The van der Waals surface area contributed by atoms with Gasteiger partial charge in [0.25, 0.3) is 5.91 Å². The number of morpholine rings is 1. The summed E-state index contributed by atoms with van der Waals surface area (Å²) < 4.78 is 11.4. The van der Waals surface area contributed by atoms with Gasteiger partial charge < -0.3 is 19.7 Å². The Morgan fingerprint density at radius 1 is 1.15 bits per heavy atom. The summed E-state index contributed by atoms with van der Waals surface area (Å²) in [6, 6.07) is 9.67. The smallest absolute Gasteiger partial charge is 0.265 e. The largest absolute Gasteiger partial charge is 0.481 e. The molecule has 1 aromatic carbocycles. The average Bonchev–Trinajstić information content (AvgIpc) is 2.85. The lowest BCUT2D eigenvalue weighted by atomic mass is 10.1. The minimum Gasteiger partial charge on any atom is -0.481 e. The summed E-state index contributed by atoms with van der Waals surface area (Å²) in [7, 11) is 0. The maximum absolute atomic E-state index is 12.5. The SMILES string of the molecule is CCN1C(=O)COc2c(CN3CCOCC3)cc(Nc3nccc(-c4cccnc4)n3)cc21. The van der Waals surface area contributed by atoms with E-state index in [9.17, 15) is 4.79 Å². The second-order valence-corrected chi connectivity index (χ2v) is 7.93. The summed E-state index contributed by atoms with van der Waals surface area (Å²) in [6.45, 7) is 6.46. The minimum absolute atomic E-state index is 0.0469. The van der Waals surface area contributed by atoms with Gasteiger partial charge in [0.1, 0.15) is 5.75 Å². The average molecular weight is 447 g/mol. The van der Waals surface area contributed by atoms with Crippen LogP contribution in [0.1, 0.15) is 12.5 Å². The molecule has 1 fully saturated rings.